The summed E-state index contributed by atoms with van der Waals surface area (Å²) in [5, 5.41) is 4.69. The zero-order valence-corrected chi connectivity index (χ0v) is 16.7. The van der Waals surface area contributed by atoms with Crippen molar-refractivity contribution in [2.75, 3.05) is 31.2 Å². The summed E-state index contributed by atoms with van der Waals surface area (Å²) in [6.07, 6.45) is 9.48. The summed E-state index contributed by atoms with van der Waals surface area (Å²) in [6.45, 7) is 6.14. The Bertz CT molecular complexity index is 1040. The maximum Gasteiger partial charge on any atom is 0.225 e. The van der Waals surface area contributed by atoms with Crippen LogP contribution in [0.2, 0.25) is 0 Å². The largest absolute Gasteiger partial charge is 0.378 e. The van der Waals surface area contributed by atoms with Crippen LogP contribution >= 0.6 is 0 Å². The van der Waals surface area contributed by atoms with Crippen LogP contribution in [0.1, 0.15) is 41.4 Å². The molecule has 0 amide bonds. The second-order valence-electron chi connectivity index (χ2n) is 8.33. The van der Waals surface area contributed by atoms with Gasteiger partial charge in [0.15, 0.2) is 5.65 Å². The topological polar surface area (TPSA) is 71.7 Å². The van der Waals surface area contributed by atoms with Crippen molar-refractivity contribution in [2.24, 2.45) is 0 Å². The normalized spacial score (nSPS) is 24.2. The molecule has 0 N–H and O–H groups in total. The van der Waals surface area contributed by atoms with Gasteiger partial charge >= 0.3 is 0 Å². The van der Waals surface area contributed by atoms with Crippen molar-refractivity contribution in [3.63, 3.8) is 0 Å². The van der Waals surface area contributed by atoms with E-state index in [1.807, 2.05) is 19.3 Å². The van der Waals surface area contributed by atoms with E-state index >= 15 is 0 Å². The molecule has 3 aliphatic rings. The van der Waals surface area contributed by atoms with Crippen molar-refractivity contribution >= 4 is 11.6 Å². The van der Waals surface area contributed by atoms with Crippen molar-refractivity contribution in [3.05, 3.63) is 47.2 Å². The van der Waals surface area contributed by atoms with Crippen molar-refractivity contribution in [1.82, 2.24) is 29.5 Å². The molecule has 0 radical (unpaired) electrons. The van der Waals surface area contributed by atoms with Gasteiger partial charge in [0.25, 0.3) is 0 Å². The fourth-order valence-corrected chi connectivity index (χ4v) is 5.11. The van der Waals surface area contributed by atoms with E-state index in [0.717, 1.165) is 56.6 Å². The average molecular weight is 391 g/mol. The number of nitrogens with zero attached hydrogens (tertiary/aromatic N) is 7. The van der Waals surface area contributed by atoms with E-state index in [0.29, 0.717) is 12.1 Å². The number of ether oxygens (including phenoxy) is 1. The maximum atomic E-state index is 5.42. The van der Waals surface area contributed by atoms with Gasteiger partial charge in [0.1, 0.15) is 0 Å². The van der Waals surface area contributed by atoms with Crippen LogP contribution in [0.25, 0.3) is 5.65 Å². The molecular weight excluding hydrogens is 366 g/mol. The Hall–Kier alpha value is -2.58. The standard InChI is InChI=1S/C21H25N7O/c1-14-8-20-22-12-17-18-3-2-16(9-19(17)28(20)25-14)27(18)13-15-10-23-21(24-11-15)26-4-6-29-7-5-26/h8,10-12,16,18H,2-7,9,13H2,1H3/t16-,18-/m1/s1. The smallest absolute Gasteiger partial charge is 0.225 e. The van der Waals surface area contributed by atoms with Crippen molar-refractivity contribution < 1.29 is 4.74 Å². The van der Waals surface area contributed by atoms with E-state index in [-0.39, 0.29) is 0 Å². The van der Waals surface area contributed by atoms with Crippen LogP contribution in [-0.4, -0.2) is 61.8 Å². The van der Waals surface area contributed by atoms with Crippen molar-refractivity contribution in [3.8, 4) is 0 Å². The number of morpholine rings is 1. The highest BCUT2D eigenvalue weighted by Crippen LogP contribution is 2.44. The first-order valence-corrected chi connectivity index (χ1v) is 10.5. The molecule has 3 aliphatic heterocycles. The van der Waals surface area contributed by atoms with Gasteiger partial charge in [-0.1, -0.05) is 0 Å². The molecule has 150 valence electrons. The molecular formula is C21H25N7O. The van der Waals surface area contributed by atoms with Crippen LogP contribution in [0.5, 0.6) is 0 Å². The lowest BCUT2D eigenvalue weighted by Crippen LogP contribution is -2.38. The van der Waals surface area contributed by atoms with Crippen molar-refractivity contribution in [2.45, 2.75) is 44.8 Å². The van der Waals surface area contributed by atoms with Gasteiger partial charge < -0.3 is 9.64 Å². The summed E-state index contributed by atoms with van der Waals surface area (Å²) in [5.41, 5.74) is 5.83. The Morgan fingerprint density at radius 1 is 1.07 bits per heavy atom. The molecule has 3 aromatic heterocycles. The van der Waals surface area contributed by atoms with Gasteiger partial charge in [-0.2, -0.15) is 5.10 Å². The zero-order chi connectivity index (χ0) is 19.4. The molecule has 6 heterocycles. The van der Waals surface area contributed by atoms with Crippen LogP contribution in [-0.2, 0) is 17.7 Å². The number of hydrogen-bond donors (Lipinski definition) is 0. The summed E-state index contributed by atoms with van der Waals surface area (Å²) >= 11 is 0. The number of fused-ring (bicyclic) bond motifs is 6. The summed E-state index contributed by atoms with van der Waals surface area (Å²) in [4.78, 5) is 18.7. The Balaban J connectivity index is 1.25. The van der Waals surface area contributed by atoms with Crippen molar-refractivity contribution in [1.29, 1.82) is 0 Å². The monoisotopic (exact) mass is 391 g/mol. The molecule has 0 saturated carbocycles. The molecule has 2 bridgehead atoms. The Morgan fingerprint density at radius 2 is 1.90 bits per heavy atom. The second kappa shape index (κ2) is 6.74. The molecule has 29 heavy (non-hydrogen) atoms. The number of anilines is 1. The van der Waals surface area contributed by atoms with Crippen LogP contribution < -0.4 is 4.90 Å². The predicted octanol–water partition coefficient (Wildman–Crippen LogP) is 1.93. The number of aromatic nitrogens is 5. The molecule has 0 aliphatic carbocycles. The molecule has 8 heteroatoms. The molecule has 6 rings (SSSR count). The SMILES string of the molecule is Cc1cc2ncc3c(n2n1)C[C@H]1CC[C@H]3N1Cc1cnc(N2CCOCC2)nc1. The van der Waals surface area contributed by atoms with E-state index in [1.165, 1.54) is 29.7 Å². The Morgan fingerprint density at radius 3 is 2.72 bits per heavy atom. The van der Waals surface area contributed by atoms with E-state index in [1.54, 1.807) is 0 Å². The second-order valence-corrected chi connectivity index (χ2v) is 8.33. The Kier molecular flexibility index (Phi) is 4.02. The average Bonchev–Trinajstić information content (AvgIpc) is 3.26. The molecule has 3 aromatic rings. The lowest BCUT2D eigenvalue weighted by Gasteiger charge is -2.36. The minimum absolute atomic E-state index is 0.407. The quantitative estimate of drug-likeness (QED) is 0.675. The Labute approximate surface area is 169 Å². The highest BCUT2D eigenvalue weighted by molar-refractivity contribution is 5.44. The van der Waals surface area contributed by atoms with Gasteiger partial charge in [-0.3, -0.25) is 4.90 Å². The van der Waals surface area contributed by atoms with Gasteiger partial charge in [0, 0.05) is 73.9 Å². The summed E-state index contributed by atoms with van der Waals surface area (Å²) < 4.78 is 7.48. The van der Waals surface area contributed by atoms with E-state index < -0.39 is 0 Å². The van der Waals surface area contributed by atoms with Gasteiger partial charge in [0.2, 0.25) is 5.95 Å². The maximum absolute atomic E-state index is 5.42. The fraction of sp³-hybridized carbons (Fsp3) is 0.524. The van der Waals surface area contributed by atoms with Gasteiger partial charge in [0.05, 0.1) is 24.6 Å². The van der Waals surface area contributed by atoms with E-state index in [4.69, 9.17) is 4.74 Å². The summed E-state index contributed by atoms with van der Waals surface area (Å²) in [5.74, 6) is 0.810. The number of hydrogen-bond acceptors (Lipinski definition) is 7. The molecule has 0 spiro atoms. The lowest BCUT2D eigenvalue weighted by atomic mass is 9.98. The fourth-order valence-electron chi connectivity index (χ4n) is 5.11. The molecule has 2 fully saturated rings. The van der Waals surface area contributed by atoms with Crippen LogP contribution in [0.15, 0.2) is 24.7 Å². The molecule has 8 nitrogen and oxygen atoms in total. The zero-order valence-electron chi connectivity index (χ0n) is 16.7. The van der Waals surface area contributed by atoms with Crippen LogP contribution in [0.4, 0.5) is 5.95 Å². The van der Waals surface area contributed by atoms with Gasteiger partial charge in [-0.05, 0) is 19.8 Å². The minimum atomic E-state index is 0.407. The third-order valence-corrected chi connectivity index (χ3v) is 6.52. The number of aryl methyl sites for hydroxylation is 1. The molecule has 0 aromatic carbocycles. The summed E-state index contributed by atoms with van der Waals surface area (Å²) in [7, 11) is 0. The molecule has 2 atom stereocenters. The first-order valence-electron chi connectivity index (χ1n) is 10.5. The third kappa shape index (κ3) is 2.89. The predicted molar refractivity (Wildman–Crippen MR) is 108 cm³/mol. The third-order valence-electron chi connectivity index (χ3n) is 6.52. The van der Waals surface area contributed by atoms with Gasteiger partial charge in [-0.25, -0.2) is 19.5 Å². The van der Waals surface area contributed by atoms with Crippen LogP contribution in [0.3, 0.4) is 0 Å². The first-order chi connectivity index (χ1) is 14.3. The minimum Gasteiger partial charge on any atom is -0.378 e. The first kappa shape index (κ1) is 17.3. The highest BCUT2D eigenvalue weighted by Gasteiger charge is 2.41. The molecule has 2 saturated heterocycles. The lowest BCUT2D eigenvalue weighted by molar-refractivity contribution is 0.122. The highest BCUT2D eigenvalue weighted by atomic mass is 16.5. The summed E-state index contributed by atoms with van der Waals surface area (Å²) in [6, 6.07) is 3.01. The van der Waals surface area contributed by atoms with Gasteiger partial charge in [-0.15, -0.1) is 0 Å². The molecule has 0 unspecified atom stereocenters. The van der Waals surface area contributed by atoms with Crippen LogP contribution in [0, 0.1) is 6.92 Å². The number of rotatable bonds is 3. The van der Waals surface area contributed by atoms with E-state index in [9.17, 15) is 0 Å². The van der Waals surface area contributed by atoms with E-state index in [2.05, 4.69) is 46.6 Å².